The van der Waals surface area contributed by atoms with Crippen LogP contribution < -0.4 is 10.6 Å². The van der Waals surface area contributed by atoms with Gasteiger partial charge in [-0.2, -0.15) is 0 Å². The summed E-state index contributed by atoms with van der Waals surface area (Å²) in [6.45, 7) is 2.19. The largest absolute Gasteiger partial charge is 0.371 e. The first-order valence-corrected chi connectivity index (χ1v) is 6.29. The average molecular weight is 217 g/mol. The second kappa shape index (κ2) is 4.06. The number of pyridine rings is 1. The van der Waals surface area contributed by atoms with Crippen LogP contribution in [0.5, 0.6) is 0 Å². The summed E-state index contributed by atoms with van der Waals surface area (Å²) in [6.07, 6.45) is 6.82. The molecule has 2 aliphatic rings. The van der Waals surface area contributed by atoms with Crippen LogP contribution >= 0.6 is 0 Å². The van der Waals surface area contributed by atoms with E-state index in [1.54, 1.807) is 0 Å². The van der Waals surface area contributed by atoms with E-state index in [1.807, 2.05) is 6.20 Å². The van der Waals surface area contributed by atoms with Crippen LogP contribution in [0.2, 0.25) is 0 Å². The van der Waals surface area contributed by atoms with Gasteiger partial charge in [0, 0.05) is 42.6 Å². The Morgan fingerprint density at radius 2 is 1.94 bits per heavy atom. The Morgan fingerprint density at radius 1 is 1.19 bits per heavy atom. The maximum Gasteiger partial charge on any atom is 0.0455 e. The highest BCUT2D eigenvalue weighted by Crippen LogP contribution is 2.39. The molecule has 3 nitrogen and oxygen atoms in total. The Balaban J connectivity index is 1.75. The van der Waals surface area contributed by atoms with Crippen molar-refractivity contribution >= 4 is 5.69 Å². The third kappa shape index (κ3) is 2.05. The standard InChI is InChI=1S/C13H19N3/c14-11-4-7-16(8-5-11)12-3-6-15-13(9-12)10-1-2-10/h3,6,9-11H,1-2,4-5,7-8,14H2. The van der Waals surface area contributed by atoms with Crippen molar-refractivity contribution in [3.05, 3.63) is 24.0 Å². The van der Waals surface area contributed by atoms with E-state index in [0.29, 0.717) is 6.04 Å². The second-order valence-electron chi connectivity index (χ2n) is 5.04. The molecule has 0 radical (unpaired) electrons. The minimum absolute atomic E-state index is 0.404. The molecule has 0 unspecified atom stereocenters. The Labute approximate surface area is 96.7 Å². The summed E-state index contributed by atoms with van der Waals surface area (Å²) in [5.74, 6) is 0.743. The maximum atomic E-state index is 5.92. The van der Waals surface area contributed by atoms with Crippen LogP contribution in [-0.4, -0.2) is 24.1 Å². The molecule has 2 fully saturated rings. The maximum absolute atomic E-state index is 5.92. The van der Waals surface area contributed by atoms with Gasteiger partial charge in [0.1, 0.15) is 0 Å². The van der Waals surface area contributed by atoms with Crippen molar-refractivity contribution in [2.75, 3.05) is 18.0 Å². The van der Waals surface area contributed by atoms with Gasteiger partial charge in [0.2, 0.25) is 0 Å². The zero-order chi connectivity index (χ0) is 11.0. The van der Waals surface area contributed by atoms with Gasteiger partial charge in [0.15, 0.2) is 0 Å². The number of piperidine rings is 1. The van der Waals surface area contributed by atoms with Crippen LogP contribution in [0, 0.1) is 0 Å². The topological polar surface area (TPSA) is 42.1 Å². The summed E-state index contributed by atoms with van der Waals surface area (Å²) < 4.78 is 0. The SMILES string of the molecule is NC1CCN(c2ccnc(C3CC3)c2)CC1. The van der Waals surface area contributed by atoms with Gasteiger partial charge < -0.3 is 10.6 Å². The zero-order valence-corrected chi connectivity index (χ0v) is 9.60. The predicted molar refractivity (Wildman–Crippen MR) is 65.6 cm³/mol. The van der Waals surface area contributed by atoms with Crippen molar-refractivity contribution in [3.63, 3.8) is 0 Å². The second-order valence-corrected chi connectivity index (χ2v) is 5.04. The minimum Gasteiger partial charge on any atom is -0.371 e. The van der Waals surface area contributed by atoms with E-state index in [4.69, 9.17) is 5.73 Å². The van der Waals surface area contributed by atoms with E-state index in [1.165, 1.54) is 24.2 Å². The van der Waals surface area contributed by atoms with E-state index in [0.717, 1.165) is 31.8 Å². The highest BCUT2D eigenvalue weighted by molar-refractivity contribution is 5.48. The third-order valence-corrected chi connectivity index (χ3v) is 3.67. The van der Waals surface area contributed by atoms with Crippen LogP contribution in [0.1, 0.15) is 37.3 Å². The Hall–Kier alpha value is -1.09. The molecular weight excluding hydrogens is 198 g/mol. The number of hydrogen-bond acceptors (Lipinski definition) is 3. The normalized spacial score (nSPS) is 22.4. The lowest BCUT2D eigenvalue weighted by Gasteiger charge is -2.32. The first-order chi connectivity index (χ1) is 7.83. The molecule has 2 heterocycles. The molecule has 86 valence electrons. The quantitative estimate of drug-likeness (QED) is 0.822. The lowest BCUT2D eigenvalue weighted by Crippen LogP contribution is -2.39. The van der Waals surface area contributed by atoms with Crippen LogP contribution in [0.4, 0.5) is 5.69 Å². The van der Waals surface area contributed by atoms with Gasteiger partial charge in [-0.15, -0.1) is 0 Å². The summed E-state index contributed by atoms with van der Waals surface area (Å²) in [5.41, 5.74) is 8.55. The molecule has 1 aliphatic carbocycles. The zero-order valence-electron chi connectivity index (χ0n) is 9.60. The van der Waals surface area contributed by atoms with Crippen molar-refractivity contribution in [3.8, 4) is 0 Å². The van der Waals surface area contributed by atoms with Gasteiger partial charge in [0.05, 0.1) is 0 Å². The summed E-state index contributed by atoms with van der Waals surface area (Å²) in [7, 11) is 0. The van der Waals surface area contributed by atoms with E-state index in [-0.39, 0.29) is 0 Å². The highest BCUT2D eigenvalue weighted by Gasteiger charge is 2.25. The van der Waals surface area contributed by atoms with Crippen molar-refractivity contribution in [2.24, 2.45) is 5.73 Å². The van der Waals surface area contributed by atoms with E-state index < -0.39 is 0 Å². The minimum atomic E-state index is 0.404. The summed E-state index contributed by atoms with van der Waals surface area (Å²) in [5, 5.41) is 0. The highest BCUT2D eigenvalue weighted by atomic mass is 15.1. The molecular formula is C13H19N3. The molecule has 1 saturated carbocycles. The van der Waals surface area contributed by atoms with Crippen LogP contribution in [-0.2, 0) is 0 Å². The fraction of sp³-hybridized carbons (Fsp3) is 0.615. The molecule has 16 heavy (non-hydrogen) atoms. The lowest BCUT2D eigenvalue weighted by atomic mass is 10.1. The molecule has 1 saturated heterocycles. The first-order valence-electron chi connectivity index (χ1n) is 6.29. The molecule has 0 bridgehead atoms. The fourth-order valence-electron chi connectivity index (χ4n) is 2.39. The third-order valence-electron chi connectivity index (χ3n) is 3.67. The molecule has 3 heteroatoms. The Morgan fingerprint density at radius 3 is 2.62 bits per heavy atom. The van der Waals surface area contributed by atoms with E-state index in [9.17, 15) is 0 Å². The predicted octanol–water partition coefficient (Wildman–Crippen LogP) is 1.89. The van der Waals surface area contributed by atoms with Gasteiger partial charge in [-0.1, -0.05) is 0 Å². The van der Waals surface area contributed by atoms with Gasteiger partial charge in [-0.05, 0) is 37.8 Å². The molecule has 0 spiro atoms. The van der Waals surface area contributed by atoms with Crippen molar-refractivity contribution in [1.82, 2.24) is 4.98 Å². The number of nitrogens with two attached hydrogens (primary N) is 1. The summed E-state index contributed by atoms with van der Waals surface area (Å²) >= 11 is 0. The molecule has 1 aromatic rings. The van der Waals surface area contributed by atoms with E-state index >= 15 is 0 Å². The molecule has 1 aromatic heterocycles. The van der Waals surface area contributed by atoms with Crippen LogP contribution in [0.3, 0.4) is 0 Å². The molecule has 0 amide bonds. The van der Waals surface area contributed by atoms with Crippen molar-refractivity contribution in [2.45, 2.75) is 37.6 Å². The lowest BCUT2D eigenvalue weighted by molar-refractivity contribution is 0.501. The number of nitrogens with zero attached hydrogens (tertiary/aromatic N) is 2. The van der Waals surface area contributed by atoms with Gasteiger partial charge in [-0.25, -0.2) is 0 Å². The monoisotopic (exact) mass is 217 g/mol. The van der Waals surface area contributed by atoms with Gasteiger partial charge >= 0.3 is 0 Å². The Bertz CT molecular complexity index is 365. The van der Waals surface area contributed by atoms with Crippen LogP contribution in [0.25, 0.3) is 0 Å². The number of rotatable bonds is 2. The van der Waals surface area contributed by atoms with Crippen molar-refractivity contribution < 1.29 is 0 Å². The van der Waals surface area contributed by atoms with Gasteiger partial charge in [-0.3, -0.25) is 4.98 Å². The average Bonchev–Trinajstić information content (AvgIpc) is 3.14. The summed E-state index contributed by atoms with van der Waals surface area (Å²) in [6, 6.07) is 4.80. The molecule has 2 N–H and O–H groups in total. The molecule has 0 aromatic carbocycles. The fourth-order valence-corrected chi connectivity index (χ4v) is 2.39. The van der Waals surface area contributed by atoms with E-state index in [2.05, 4.69) is 22.0 Å². The van der Waals surface area contributed by atoms with Gasteiger partial charge in [0.25, 0.3) is 0 Å². The first kappa shape index (κ1) is 10.1. The number of anilines is 1. The van der Waals surface area contributed by atoms with Crippen LogP contribution in [0.15, 0.2) is 18.3 Å². The summed E-state index contributed by atoms with van der Waals surface area (Å²) in [4.78, 5) is 6.90. The molecule has 1 aliphatic heterocycles. The van der Waals surface area contributed by atoms with Crippen molar-refractivity contribution in [1.29, 1.82) is 0 Å². The molecule has 3 rings (SSSR count). The number of hydrogen-bond donors (Lipinski definition) is 1. The Kier molecular flexibility index (Phi) is 2.56. The molecule has 0 atom stereocenters. The number of aromatic nitrogens is 1. The smallest absolute Gasteiger partial charge is 0.0455 e.